The van der Waals surface area contributed by atoms with Crippen molar-refractivity contribution < 1.29 is 21.6 Å². The fraction of sp³-hybridized carbons (Fsp3) is 0.125. The fourth-order valence-electron chi connectivity index (χ4n) is 1.17. The Morgan fingerprint density at radius 3 is 2.24 bits per heavy atom. The van der Waals surface area contributed by atoms with Gasteiger partial charge in [-0.1, -0.05) is 0 Å². The number of nitriles is 1. The molecule has 0 N–H and O–H groups in total. The van der Waals surface area contributed by atoms with Gasteiger partial charge in [0.25, 0.3) is 9.05 Å². The first-order chi connectivity index (χ1) is 7.59. The van der Waals surface area contributed by atoms with Crippen LogP contribution in [0.1, 0.15) is 11.1 Å². The van der Waals surface area contributed by atoms with E-state index >= 15 is 0 Å². The maximum absolute atomic E-state index is 12.7. The summed E-state index contributed by atoms with van der Waals surface area (Å²) < 4.78 is 60.0. The van der Waals surface area contributed by atoms with Crippen LogP contribution in [0.4, 0.5) is 13.2 Å². The topological polar surface area (TPSA) is 57.9 Å². The van der Waals surface area contributed by atoms with Crippen LogP contribution in [-0.2, 0) is 15.2 Å². The lowest BCUT2D eigenvalue weighted by Crippen LogP contribution is -2.14. The van der Waals surface area contributed by atoms with Crippen molar-refractivity contribution in [3.8, 4) is 6.07 Å². The molecule has 0 spiro atoms. The average molecular weight is 349 g/mol. The summed E-state index contributed by atoms with van der Waals surface area (Å²) in [6, 6.07) is 3.15. The summed E-state index contributed by atoms with van der Waals surface area (Å²) in [6.07, 6.45) is -4.99. The lowest BCUT2D eigenvalue weighted by molar-refractivity contribution is -0.140. The Bertz CT molecular complexity index is 606. The summed E-state index contributed by atoms with van der Waals surface area (Å²) >= 11 is 2.67. The first-order valence-corrected chi connectivity index (χ1v) is 6.93. The number of hydrogen-bond acceptors (Lipinski definition) is 3. The Labute approximate surface area is 107 Å². The lowest BCUT2D eigenvalue weighted by Gasteiger charge is -2.13. The van der Waals surface area contributed by atoms with E-state index < -0.39 is 31.2 Å². The molecule has 3 nitrogen and oxygen atoms in total. The van der Waals surface area contributed by atoms with E-state index in [2.05, 4.69) is 15.9 Å². The van der Waals surface area contributed by atoms with Crippen molar-refractivity contribution in [2.75, 3.05) is 0 Å². The summed E-state index contributed by atoms with van der Waals surface area (Å²) in [4.78, 5) is -1.15. The van der Waals surface area contributed by atoms with Crippen LogP contribution in [0.5, 0.6) is 0 Å². The van der Waals surface area contributed by atoms with Gasteiger partial charge in [0.05, 0.1) is 17.2 Å². The van der Waals surface area contributed by atoms with Gasteiger partial charge in [0, 0.05) is 15.2 Å². The minimum Gasteiger partial charge on any atom is -0.207 e. The van der Waals surface area contributed by atoms with Gasteiger partial charge in [-0.15, -0.1) is 0 Å². The molecule has 0 aliphatic heterocycles. The Morgan fingerprint density at radius 2 is 1.88 bits per heavy atom. The van der Waals surface area contributed by atoms with Crippen LogP contribution in [0.3, 0.4) is 0 Å². The number of hydrogen-bond donors (Lipinski definition) is 0. The molecule has 1 rings (SSSR count). The summed E-state index contributed by atoms with van der Waals surface area (Å²) in [5, 5.41) is 8.56. The van der Waals surface area contributed by atoms with Gasteiger partial charge >= 0.3 is 6.18 Å². The number of rotatable bonds is 1. The van der Waals surface area contributed by atoms with E-state index in [9.17, 15) is 21.6 Å². The Balaban J connectivity index is 3.88. The van der Waals surface area contributed by atoms with Crippen LogP contribution in [-0.4, -0.2) is 8.42 Å². The Morgan fingerprint density at radius 1 is 1.35 bits per heavy atom. The van der Waals surface area contributed by atoms with Gasteiger partial charge in [0.2, 0.25) is 0 Å². The maximum atomic E-state index is 12.7. The van der Waals surface area contributed by atoms with Crippen LogP contribution in [0, 0.1) is 11.3 Å². The molecule has 1 aromatic carbocycles. The van der Waals surface area contributed by atoms with Gasteiger partial charge in [-0.25, -0.2) is 8.42 Å². The maximum Gasteiger partial charge on any atom is 0.419 e. The third-order valence-electron chi connectivity index (χ3n) is 1.76. The summed E-state index contributed by atoms with van der Waals surface area (Å²) in [7, 11) is 0.311. The lowest BCUT2D eigenvalue weighted by atomic mass is 10.1. The molecule has 0 heterocycles. The molecule has 9 heteroatoms. The van der Waals surface area contributed by atoms with Crippen LogP contribution in [0.2, 0.25) is 0 Å². The van der Waals surface area contributed by atoms with Crippen LogP contribution >= 0.6 is 26.6 Å². The first kappa shape index (κ1) is 14.3. The third kappa shape index (κ3) is 2.91. The minimum absolute atomic E-state index is 0.348. The molecule has 92 valence electrons. The molecule has 0 saturated carbocycles. The van der Waals surface area contributed by atoms with Gasteiger partial charge in [0.15, 0.2) is 0 Å². The minimum atomic E-state index is -4.99. The van der Waals surface area contributed by atoms with Crippen molar-refractivity contribution >= 4 is 35.7 Å². The molecule has 17 heavy (non-hydrogen) atoms. The smallest absolute Gasteiger partial charge is 0.207 e. The van der Waals surface area contributed by atoms with E-state index in [-0.39, 0.29) is 4.47 Å². The van der Waals surface area contributed by atoms with Gasteiger partial charge in [-0.2, -0.15) is 18.4 Å². The van der Waals surface area contributed by atoms with E-state index in [1.165, 1.54) is 6.07 Å². The van der Waals surface area contributed by atoms with Gasteiger partial charge in [-0.05, 0) is 28.1 Å². The zero-order valence-corrected chi connectivity index (χ0v) is 10.9. The standard InChI is InChI=1S/C8H2BrClF3NO2S/c9-5-2-1-4(3-14)6(8(11,12)13)7(5)17(10,15)16/h1-2H. The Hall–Kier alpha value is -0.780. The fourth-order valence-corrected chi connectivity index (χ4v) is 3.67. The normalized spacial score (nSPS) is 12.2. The second-order valence-corrected chi connectivity index (χ2v) is 6.20. The highest BCUT2D eigenvalue weighted by Gasteiger charge is 2.40. The van der Waals surface area contributed by atoms with Gasteiger partial charge in [-0.3, -0.25) is 0 Å². The van der Waals surface area contributed by atoms with Crippen LogP contribution < -0.4 is 0 Å². The SMILES string of the molecule is N#Cc1ccc(Br)c(S(=O)(=O)Cl)c1C(F)(F)F. The molecule has 0 aliphatic rings. The second kappa shape index (κ2) is 4.48. The number of alkyl halides is 3. The molecule has 0 aromatic heterocycles. The third-order valence-corrected chi connectivity index (χ3v) is 4.06. The molecule has 0 fully saturated rings. The van der Waals surface area contributed by atoms with E-state index in [4.69, 9.17) is 15.9 Å². The molecular formula is C8H2BrClF3NO2S. The molecule has 1 aromatic rings. The highest BCUT2D eigenvalue weighted by atomic mass is 79.9. The van der Waals surface area contributed by atoms with Crippen molar-refractivity contribution in [3.05, 3.63) is 27.7 Å². The molecule has 0 aliphatic carbocycles. The largest absolute Gasteiger partial charge is 0.419 e. The predicted octanol–water partition coefficient (Wildman–Crippen LogP) is 3.27. The number of nitrogens with zero attached hydrogens (tertiary/aromatic N) is 1. The van der Waals surface area contributed by atoms with Gasteiger partial charge < -0.3 is 0 Å². The monoisotopic (exact) mass is 347 g/mol. The zero-order valence-electron chi connectivity index (χ0n) is 7.72. The zero-order chi connectivity index (χ0) is 13.4. The predicted molar refractivity (Wildman–Crippen MR) is 56.9 cm³/mol. The summed E-state index contributed by atoms with van der Waals surface area (Å²) in [6.45, 7) is 0. The molecule has 0 amide bonds. The average Bonchev–Trinajstić information content (AvgIpc) is 2.13. The molecule has 0 atom stereocenters. The van der Waals surface area contributed by atoms with Crippen molar-refractivity contribution in [2.45, 2.75) is 11.1 Å². The van der Waals surface area contributed by atoms with E-state index in [0.717, 1.165) is 12.1 Å². The summed E-state index contributed by atoms with van der Waals surface area (Å²) in [5.41, 5.74) is -2.37. The van der Waals surface area contributed by atoms with Gasteiger partial charge in [0.1, 0.15) is 4.90 Å². The quantitative estimate of drug-likeness (QED) is 0.732. The van der Waals surface area contributed by atoms with Crippen molar-refractivity contribution in [1.29, 1.82) is 5.26 Å². The van der Waals surface area contributed by atoms with E-state index in [1.807, 2.05) is 0 Å². The van der Waals surface area contributed by atoms with Crippen LogP contribution in [0.15, 0.2) is 21.5 Å². The first-order valence-electron chi connectivity index (χ1n) is 3.83. The molecular weight excluding hydrogens is 347 g/mol. The van der Waals surface area contributed by atoms with Crippen LogP contribution in [0.25, 0.3) is 0 Å². The molecule has 0 unspecified atom stereocenters. The molecule has 0 radical (unpaired) electrons. The second-order valence-electron chi connectivity index (χ2n) is 2.85. The Kier molecular flexibility index (Phi) is 3.76. The molecule has 0 saturated heterocycles. The number of benzene rings is 1. The van der Waals surface area contributed by atoms with Crippen molar-refractivity contribution in [2.24, 2.45) is 0 Å². The van der Waals surface area contributed by atoms with Crippen molar-refractivity contribution in [1.82, 2.24) is 0 Å². The number of halogens is 5. The highest BCUT2D eigenvalue weighted by Crippen LogP contribution is 2.41. The molecule has 0 bridgehead atoms. The van der Waals surface area contributed by atoms with E-state index in [0.29, 0.717) is 0 Å². The highest BCUT2D eigenvalue weighted by molar-refractivity contribution is 9.10. The summed E-state index contributed by atoms with van der Waals surface area (Å²) in [5.74, 6) is 0. The van der Waals surface area contributed by atoms with E-state index in [1.54, 1.807) is 0 Å². The van der Waals surface area contributed by atoms with Crippen molar-refractivity contribution in [3.63, 3.8) is 0 Å².